The van der Waals surface area contributed by atoms with Crippen molar-refractivity contribution in [2.24, 2.45) is 4.99 Å². The largest absolute Gasteiger partial charge is 0.496 e. The third-order valence-corrected chi connectivity index (χ3v) is 6.67. The Hall–Kier alpha value is -3.36. The lowest BCUT2D eigenvalue weighted by molar-refractivity contribution is -0.126. The van der Waals surface area contributed by atoms with Crippen LogP contribution in [0.5, 0.6) is 11.5 Å². The van der Waals surface area contributed by atoms with Crippen molar-refractivity contribution in [3.05, 3.63) is 94.0 Å². The molecule has 7 nitrogen and oxygen atoms in total. The third-order valence-electron chi connectivity index (χ3n) is 6.14. The van der Waals surface area contributed by atoms with Crippen molar-refractivity contribution in [3.8, 4) is 11.5 Å². The minimum atomic E-state index is -1.08. The molecule has 2 N–H and O–H groups in total. The SMILES string of the molecule is COc1ccccc1CCNC(=O)[C@@]1(Cc2ccc(Br)cc2)COC(c2ccc(OCCCO)cc2)=N1. The van der Waals surface area contributed by atoms with Crippen LogP contribution in [0.15, 0.2) is 82.3 Å². The molecule has 1 atom stereocenters. The molecule has 0 aliphatic carbocycles. The van der Waals surface area contributed by atoms with Crippen LogP contribution in [-0.4, -0.2) is 55.9 Å². The first-order valence-corrected chi connectivity index (χ1v) is 13.0. The molecule has 1 aliphatic rings. The van der Waals surface area contributed by atoms with Crippen LogP contribution in [-0.2, 0) is 22.4 Å². The van der Waals surface area contributed by atoms with Crippen LogP contribution in [0.3, 0.4) is 0 Å². The van der Waals surface area contributed by atoms with Crippen LogP contribution in [0.4, 0.5) is 0 Å². The molecule has 0 radical (unpaired) electrons. The van der Waals surface area contributed by atoms with Gasteiger partial charge in [0.15, 0.2) is 5.54 Å². The molecule has 194 valence electrons. The first-order chi connectivity index (χ1) is 18.0. The lowest BCUT2D eigenvalue weighted by Gasteiger charge is -2.23. The zero-order valence-corrected chi connectivity index (χ0v) is 22.4. The summed E-state index contributed by atoms with van der Waals surface area (Å²) in [6.07, 6.45) is 1.62. The van der Waals surface area contributed by atoms with E-state index in [-0.39, 0.29) is 19.1 Å². The van der Waals surface area contributed by atoms with E-state index in [1.54, 1.807) is 7.11 Å². The number of aliphatic hydroxyl groups excluding tert-OH is 1. The van der Waals surface area contributed by atoms with Gasteiger partial charge in [0.2, 0.25) is 5.90 Å². The predicted octanol–water partition coefficient (Wildman–Crippen LogP) is 4.34. The Bertz CT molecular complexity index is 1210. The van der Waals surface area contributed by atoms with Gasteiger partial charge >= 0.3 is 0 Å². The molecule has 1 heterocycles. The summed E-state index contributed by atoms with van der Waals surface area (Å²) in [4.78, 5) is 18.4. The van der Waals surface area contributed by atoms with Gasteiger partial charge in [0.25, 0.3) is 5.91 Å². The normalized spacial score (nSPS) is 16.6. The number of hydrogen-bond donors (Lipinski definition) is 2. The van der Waals surface area contributed by atoms with Crippen molar-refractivity contribution < 1.29 is 24.1 Å². The molecule has 0 bridgehead atoms. The van der Waals surface area contributed by atoms with Crippen LogP contribution in [0.1, 0.15) is 23.1 Å². The van der Waals surface area contributed by atoms with Crippen molar-refractivity contribution in [3.63, 3.8) is 0 Å². The highest BCUT2D eigenvalue weighted by molar-refractivity contribution is 9.10. The zero-order valence-electron chi connectivity index (χ0n) is 20.8. The average molecular weight is 567 g/mol. The molecule has 0 unspecified atom stereocenters. The van der Waals surface area contributed by atoms with Gasteiger partial charge in [-0.1, -0.05) is 46.3 Å². The Balaban J connectivity index is 1.51. The summed E-state index contributed by atoms with van der Waals surface area (Å²) in [7, 11) is 1.64. The fraction of sp³-hybridized carbons (Fsp3) is 0.310. The van der Waals surface area contributed by atoms with Crippen LogP contribution < -0.4 is 14.8 Å². The number of rotatable bonds is 12. The lowest BCUT2D eigenvalue weighted by atomic mass is 9.91. The highest BCUT2D eigenvalue weighted by Gasteiger charge is 2.44. The summed E-state index contributed by atoms with van der Waals surface area (Å²) >= 11 is 3.47. The minimum Gasteiger partial charge on any atom is -0.496 e. The van der Waals surface area contributed by atoms with Crippen LogP contribution >= 0.6 is 15.9 Å². The Morgan fingerprint density at radius 3 is 2.59 bits per heavy atom. The summed E-state index contributed by atoms with van der Waals surface area (Å²) in [5, 5.41) is 12.0. The van der Waals surface area contributed by atoms with E-state index in [1.807, 2.05) is 72.8 Å². The number of nitrogens with one attached hydrogen (secondary N) is 1. The summed E-state index contributed by atoms with van der Waals surface area (Å²) < 4.78 is 18.0. The van der Waals surface area contributed by atoms with Gasteiger partial charge in [-0.3, -0.25) is 4.79 Å². The van der Waals surface area contributed by atoms with Crippen LogP contribution in [0, 0.1) is 0 Å². The number of amides is 1. The summed E-state index contributed by atoms with van der Waals surface area (Å²) in [6.45, 7) is 1.13. The standard InChI is InChI=1S/C29H31BrN2O5/c1-35-26-6-3-2-5-22(26)15-16-31-28(34)29(19-21-7-11-24(30)12-8-21)20-37-27(32-29)23-9-13-25(14-10-23)36-18-4-17-33/h2-3,5-14,33H,4,15-20H2,1H3,(H,31,34)/t29-/m1/s1. The second-order valence-corrected chi connectivity index (χ2v) is 9.72. The van der Waals surface area contributed by atoms with E-state index in [2.05, 4.69) is 21.2 Å². The molecular weight excluding hydrogens is 536 g/mol. The van der Waals surface area contributed by atoms with Crippen molar-refractivity contribution in [2.45, 2.75) is 24.8 Å². The first kappa shape index (κ1) is 26.7. The third kappa shape index (κ3) is 6.90. The number of carbonyl (C=O) groups excluding carboxylic acids is 1. The molecule has 4 rings (SSSR count). The molecule has 8 heteroatoms. The first-order valence-electron chi connectivity index (χ1n) is 12.2. The molecule has 0 saturated heterocycles. The maximum absolute atomic E-state index is 13.6. The van der Waals surface area contributed by atoms with Crippen molar-refractivity contribution in [2.75, 3.05) is 33.5 Å². The fourth-order valence-electron chi connectivity index (χ4n) is 4.15. The smallest absolute Gasteiger partial charge is 0.251 e. The average Bonchev–Trinajstić information content (AvgIpc) is 3.36. The van der Waals surface area contributed by atoms with E-state index in [0.29, 0.717) is 44.1 Å². The number of halogens is 1. The van der Waals surface area contributed by atoms with E-state index in [4.69, 9.17) is 24.3 Å². The van der Waals surface area contributed by atoms with Gasteiger partial charge in [-0.2, -0.15) is 0 Å². The van der Waals surface area contributed by atoms with Crippen LogP contribution in [0.25, 0.3) is 0 Å². The van der Waals surface area contributed by atoms with E-state index >= 15 is 0 Å². The van der Waals surface area contributed by atoms with Gasteiger partial charge < -0.3 is 24.6 Å². The lowest BCUT2D eigenvalue weighted by Crippen LogP contribution is -2.49. The highest BCUT2D eigenvalue weighted by atomic mass is 79.9. The second-order valence-electron chi connectivity index (χ2n) is 8.81. The van der Waals surface area contributed by atoms with Gasteiger partial charge in [-0.25, -0.2) is 4.99 Å². The van der Waals surface area contributed by atoms with Crippen molar-refractivity contribution >= 4 is 27.7 Å². The number of aliphatic hydroxyl groups is 1. The molecule has 1 amide bonds. The second kappa shape index (κ2) is 12.7. The van der Waals surface area contributed by atoms with Crippen molar-refractivity contribution in [1.82, 2.24) is 5.32 Å². The Labute approximate surface area is 225 Å². The maximum Gasteiger partial charge on any atom is 0.251 e. The van der Waals surface area contributed by atoms with E-state index in [0.717, 1.165) is 26.9 Å². The number of para-hydroxylation sites is 1. The summed E-state index contributed by atoms with van der Waals surface area (Å²) in [6, 6.07) is 23.1. The molecule has 1 aliphatic heterocycles. The molecule has 3 aromatic carbocycles. The van der Waals surface area contributed by atoms with Gasteiger partial charge in [-0.05, 0) is 60.0 Å². The minimum absolute atomic E-state index is 0.0874. The van der Waals surface area contributed by atoms with Gasteiger partial charge in [-0.15, -0.1) is 0 Å². The Kier molecular flexibility index (Phi) is 9.19. The number of hydrogen-bond acceptors (Lipinski definition) is 6. The number of ether oxygens (including phenoxy) is 3. The number of aliphatic imine (C=N–C) groups is 1. The zero-order chi connectivity index (χ0) is 26.1. The predicted molar refractivity (Wildman–Crippen MR) is 146 cm³/mol. The maximum atomic E-state index is 13.6. The molecule has 0 aromatic heterocycles. The molecular formula is C29H31BrN2O5. The molecule has 3 aromatic rings. The quantitative estimate of drug-likeness (QED) is 0.318. The van der Waals surface area contributed by atoms with Gasteiger partial charge in [0.05, 0.1) is 13.7 Å². The van der Waals surface area contributed by atoms with Crippen LogP contribution in [0.2, 0.25) is 0 Å². The van der Waals surface area contributed by atoms with E-state index < -0.39 is 5.54 Å². The Morgan fingerprint density at radius 2 is 1.86 bits per heavy atom. The van der Waals surface area contributed by atoms with E-state index in [9.17, 15) is 4.79 Å². The van der Waals surface area contributed by atoms with Gasteiger partial charge in [0, 0.05) is 36.0 Å². The topological polar surface area (TPSA) is 89.4 Å². The number of methoxy groups -OCH3 is 1. The molecule has 0 spiro atoms. The number of nitrogens with zero attached hydrogens (tertiary/aromatic N) is 1. The highest BCUT2D eigenvalue weighted by Crippen LogP contribution is 2.28. The van der Waals surface area contributed by atoms with Crippen molar-refractivity contribution in [1.29, 1.82) is 0 Å². The number of carbonyl (C=O) groups is 1. The van der Waals surface area contributed by atoms with E-state index in [1.165, 1.54) is 0 Å². The summed E-state index contributed by atoms with van der Waals surface area (Å²) in [5.74, 6) is 1.75. The molecule has 0 fully saturated rings. The Morgan fingerprint density at radius 1 is 1.11 bits per heavy atom. The monoisotopic (exact) mass is 566 g/mol. The fourth-order valence-corrected chi connectivity index (χ4v) is 4.42. The van der Waals surface area contributed by atoms with Gasteiger partial charge in [0.1, 0.15) is 18.1 Å². The summed E-state index contributed by atoms with van der Waals surface area (Å²) in [5.41, 5.74) is 1.71. The molecule has 37 heavy (non-hydrogen) atoms. The molecule has 0 saturated carbocycles. The number of benzene rings is 3.